The summed E-state index contributed by atoms with van der Waals surface area (Å²) < 4.78 is 23.2. The Morgan fingerprint density at radius 2 is 0.928 bits per heavy atom. The third-order valence-corrected chi connectivity index (χ3v) is 12.5. The molecule has 0 heterocycles. The number of phosphoric acid groups is 1. The van der Waals surface area contributed by atoms with Crippen LogP contribution < -0.4 is 10.2 Å². The number of likely N-dealkylation sites (N-methyl/N-ethyl adjacent to an activating group) is 1. The second-order valence-corrected chi connectivity index (χ2v) is 20.7. The van der Waals surface area contributed by atoms with Gasteiger partial charge in [-0.05, 0) is 109 Å². The zero-order valence-corrected chi connectivity index (χ0v) is 45.5. The van der Waals surface area contributed by atoms with Gasteiger partial charge in [0.25, 0.3) is 7.82 Å². The van der Waals surface area contributed by atoms with Gasteiger partial charge in [0.1, 0.15) is 19.3 Å². The van der Waals surface area contributed by atoms with E-state index in [1.807, 2.05) is 21.1 Å². The maximum absolute atomic E-state index is 13.0. The lowest BCUT2D eigenvalue weighted by Gasteiger charge is -2.31. The lowest BCUT2D eigenvalue weighted by atomic mass is 10.0. The Balaban J connectivity index is 4.23. The molecule has 0 rings (SSSR count). The van der Waals surface area contributed by atoms with Gasteiger partial charge < -0.3 is 34.0 Å². The summed E-state index contributed by atoms with van der Waals surface area (Å²) in [6.07, 6.45) is 67.2. The molecule has 0 aromatic carbocycles. The molecule has 0 saturated carbocycles. The van der Waals surface area contributed by atoms with Crippen LogP contribution in [0, 0.1) is 0 Å². The number of rotatable bonds is 48. The number of carbonyl (C=O) groups is 1. The summed E-state index contributed by atoms with van der Waals surface area (Å²) in [5, 5.41) is 24.7. The minimum absolute atomic E-state index is 0.0546. The summed E-state index contributed by atoms with van der Waals surface area (Å²) in [4.78, 5) is 25.5. The number of aliphatic hydroxyl groups is 2. The number of hydrogen-bond acceptors (Lipinski definition) is 7. The Morgan fingerprint density at radius 1 is 0.536 bits per heavy atom. The number of phosphoric ester groups is 1. The van der Waals surface area contributed by atoms with E-state index < -0.39 is 32.7 Å². The summed E-state index contributed by atoms with van der Waals surface area (Å²) in [7, 11) is 1.08. The zero-order valence-electron chi connectivity index (χ0n) is 44.6. The topological polar surface area (TPSA) is 128 Å². The van der Waals surface area contributed by atoms with Crippen molar-refractivity contribution in [2.45, 2.75) is 218 Å². The molecule has 0 radical (unpaired) electrons. The van der Waals surface area contributed by atoms with Crippen molar-refractivity contribution in [1.29, 1.82) is 0 Å². The molecule has 4 unspecified atom stereocenters. The first-order chi connectivity index (χ1) is 33.4. The minimum Gasteiger partial charge on any atom is -0.756 e. The monoisotopic (exact) mass is 983 g/mol. The number of unbranched alkanes of at least 4 members (excludes halogenated alkanes) is 16. The van der Waals surface area contributed by atoms with E-state index in [-0.39, 0.29) is 18.9 Å². The summed E-state index contributed by atoms with van der Waals surface area (Å²) in [6.45, 7) is 4.24. The predicted octanol–water partition coefficient (Wildman–Crippen LogP) is 14.8. The van der Waals surface area contributed by atoms with E-state index in [1.165, 1.54) is 64.2 Å². The molecule has 0 fully saturated rings. The summed E-state index contributed by atoms with van der Waals surface area (Å²) in [5.41, 5.74) is 0. The lowest BCUT2D eigenvalue weighted by Crippen LogP contribution is -2.51. The fourth-order valence-electron chi connectivity index (χ4n) is 7.25. The Kier molecular flexibility index (Phi) is 46.7. The molecule has 0 bridgehead atoms. The van der Waals surface area contributed by atoms with Crippen LogP contribution in [0.1, 0.15) is 200 Å². The number of amides is 1. The van der Waals surface area contributed by atoms with Crippen LogP contribution in [0.15, 0.2) is 109 Å². The van der Waals surface area contributed by atoms with E-state index in [1.54, 1.807) is 0 Å². The van der Waals surface area contributed by atoms with Gasteiger partial charge in [-0.2, -0.15) is 0 Å². The van der Waals surface area contributed by atoms with Crippen molar-refractivity contribution in [3.8, 4) is 0 Å². The van der Waals surface area contributed by atoms with E-state index in [0.29, 0.717) is 30.3 Å². The number of nitrogens with zero attached hydrogens (tertiary/aromatic N) is 1. The van der Waals surface area contributed by atoms with Crippen LogP contribution in [0.3, 0.4) is 0 Å². The average molecular weight is 983 g/mol. The molecule has 0 aromatic heterocycles. The summed E-state index contributed by atoms with van der Waals surface area (Å²) in [6, 6.07) is -1.10. The lowest BCUT2D eigenvalue weighted by molar-refractivity contribution is -0.870. The van der Waals surface area contributed by atoms with Gasteiger partial charge >= 0.3 is 0 Å². The van der Waals surface area contributed by atoms with Crippen molar-refractivity contribution in [3.05, 3.63) is 109 Å². The van der Waals surface area contributed by atoms with Crippen molar-refractivity contribution < 1.29 is 38.0 Å². The second-order valence-electron chi connectivity index (χ2n) is 19.3. The standard InChI is InChI=1S/C59H103N2O7P/c1-6-8-10-12-14-16-18-20-21-22-23-24-25-26-27-28-29-30-31-32-33-34-35-36-37-38-39-40-42-44-46-48-50-52-58(63)60-56(55-68-69(65,66)67-54-53-61(3,4)5)59(64)57(62)51-49-47-45-43-41-19-17-15-13-11-9-7-2/h8,10,14-17,20-21,23-24,26-27,29-30,32-33,43,45,56-57,59,62,64H,6-7,9,11-13,18-19,22,25,28,31,34-42,44,46-55H2,1-5H3,(H-,60,63,65,66)/b10-8-,16-14-,17-15+,21-20-,24-23-,27-26-,30-29-,33-32-,45-43+. The molecular formula is C59H103N2O7P. The first-order valence-corrected chi connectivity index (χ1v) is 28.8. The molecule has 69 heavy (non-hydrogen) atoms. The minimum atomic E-state index is -4.69. The van der Waals surface area contributed by atoms with Crippen molar-refractivity contribution in [1.82, 2.24) is 5.32 Å². The smallest absolute Gasteiger partial charge is 0.268 e. The molecule has 1 amide bonds. The average Bonchev–Trinajstić information content (AvgIpc) is 3.31. The Labute approximate surface area is 424 Å². The van der Waals surface area contributed by atoms with E-state index in [9.17, 15) is 24.5 Å². The van der Waals surface area contributed by atoms with Crippen LogP contribution in [0.4, 0.5) is 0 Å². The van der Waals surface area contributed by atoms with Crippen LogP contribution in [0.2, 0.25) is 0 Å². The molecule has 3 N–H and O–H groups in total. The third kappa shape index (κ3) is 49.9. The largest absolute Gasteiger partial charge is 0.756 e. The van der Waals surface area contributed by atoms with Crippen molar-refractivity contribution in [3.63, 3.8) is 0 Å². The maximum atomic E-state index is 13.0. The number of allylic oxidation sites excluding steroid dienone is 18. The highest BCUT2D eigenvalue weighted by Crippen LogP contribution is 2.38. The molecular weight excluding hydrogens is 880 g/mol. The fourth-order valence-corrected chi connectivity index (χ4v) is 7.97. The molecule has 0 aromatic rings. The van der Waals surface area contributed by atoms with Crippen LogP contribution >= 0.6 is 7.82 Å². The Bertz CT molecular complexity index is 1510. The van der Waals surface area contributed by atoms with Gasteiger partial charge in [-0.25, -0.2) is 0 Å². The molecule has 396 valence electrons. The second kappa shape index (κ2) is 48.7. The molecule has 9 nitrogen and oxygen atoms in total. The quantitative estimate of drug-likeness (QED) is 0.0240. The highest BCUT2D eigenvalue weighted by atomic mass is 31.2. The fraction of sp³-hybridized carbons (Fsp3) is 0.678. The molecule has 0 aliphatic rings. The van der Waals surface area contributed by atoms with Crippen molar-refractivity contribution in [2.24, 2.45) is 0 Å². The van der Waals surface area contributed by atoms with E-state index >= 15 is 0 Å². The third-order valence-electron chi connectivity index (χ3n) is 11.6. The van der Waals surface area contributed by atoms with Gasteiger partial charge in [-0.1, -0.05) is 194 Å². The van der Waals surface area contributed by atoms with E-state index in [2.05, 4.69) is 129 Å². The van der Waals surface area contributed by atoms with Crippen LogP contribution in [-0.2, 0) is 18.4 Å². The summed E-state index contributed by atoms with van der Waals surface area (Å²) >= 11 is 0. The van der Waals surface area contributed by atoms with Gasteiger partial charge in [-0.15, -0.1) is 0 Å². The predicted molar refractivity (Wildman–Crippen MR) is 294 cm³/mol. The normalized spacial score (nSPS) is 15.3. The molecule has 10 heteroatoms. The Morgan fingerprint density at radius 3 is 1.39 bits per heavy atom. The van der Waals surface area contributed by atoms with Gasteiger partial charge in [0.15, 0.2) is 0 Å². The first kappa shape index (κ1) is 66.1. The number of aliphatic hydroxyl groups excluding tert-OH is 2. The number of carbonyl (C=O) groups excluding carboxylic acids is 1. The van der Waals surface area contributed by atoms with Crippen LogP contribution in [0.25, 0.3) is 0 Å². The molecule has 4 atom stereocenters. The highest BCUT2D eigenvalue weighted by Gasteiger charge is 2.29. The van der Waals surface area contributed by atoms with E-state index in [4.69, 9.17) is 9.05 Å². The van der Waals surface area contributed by atoms with Gasteiger partial charge in [-0.3, -0.25) is 9.36 Å². The van der Waals surface area contributed by atoms with Crippen LogP contribution in [0.5, 0.6) is 0 Å². The number of quaternary nitrogens is 1. The molecule has 0 aliphatic carbocycles. The molecule has 0 saturated heterocycles. The SMILES string of the molecule is CC/C=C\C/C=C\C/C=C\C/C=C\C/C=C\C/C=C\C/C=C\CCCCCCCCCCCCCC(=O)NC(COP(=O)([O-])OCC[N+](C)(C)C)C(O)C(O)CCC/C=C/CC/C=C/CCCCC. The molecule has 0 aliphatic heterocycles. The number of nitrogens with one attached hydrogen (secondary N) is 1. The van der Waals surface area contributed by atoms with Gasteiger partial charge in [0, 0.05) is 6.42 Å². The van der Waals surface area contributed by atoms with Crippen LogP contribution in [-0.4, -0.2) is 79.8 Å². The summed E-state index contributed by atoms with van der Waals surface area (Å²) in [5.74, 6) is -0.302. The van der Waals surface area contributed by atoms with Gasteiger partial charge in [0.2, 0.25) is 5.91 Å². The van der Waals surface area contributed by atoms with Gasteiger partial charge in [0.05, 0.1) is 39.9 Å². The molecule has 0 spiro atoms. The van der Waals surface area contributed by atoms with E-state index in [0.717, 1.165) is 96.3 Å². The highest BCUT2D eigenvalue weighted by molar-refractivity contribution is 7.45. The van der Waals surface area contributed by atoms with Crippen molar-refractivity contribution in [2.75, 3.05) is 40.9 Å². The Hall–Kier alpha value is -2.88. The van der Waals surface area contributed by atoms with Crippen molar-refractivity contribution >= 4 is 13.7 Å². The first-order valence-electron chi connectivity index (χ1n) is 27.3. The number of hydrogen-bond donors (Lipinski definition) is 3. The maximum Gasteiger partial charge on any atom is 0.268 e. The zero-order chi connectivity index (χ0) is 50.8.